The van der Waals surface area contributed by atoms with Crippen molar-refractivity contribution in [3.8, 4) is 0 Å². The summed E-state index contributed by atoms with van der Waals surface area (Å²) in [5, 5.41) is 19.2. The topological polar surface area (TPSA) is 40.5 Å². The molecule has 1 rings (SSSR count). The second-order valence-corrected chi connectivity index (χ2v) is 4.00. The molecule has 4 atom stereocenters. The highest BCUT2D eigenvalue weighted by Crippen LogP contribution is 2.33. The van der Waals surface area contributed by atoms with E-state index in [1.54, 1.807) is 0 Å². The van der Waals surface area contributed by atoms with Crippen molar-refractivity contribution in [3.63, 3.8) is 0 Å². The number of hydrogen-bond acceptors (Lipinski definition) is 2. The largest absolute Gasteiger partial charge is 0.393 e. The normalized spacial score (nSPS) is 35.0. The van der Waals surface area contributed by atoms with Crippen molar-refractivity contribution >= 4 is 0 Å². The van der Waals surface area contributed by atoms with Gasteiger partial charge >= 0.3 is 0 Å². The van der Waals surface area contributed by atoms with Gasteiger partial charge in [0.05, 0.1) is 12.2 Å². The van der Waals surface area contributed by atoms with Crippen LogP contribution in [0, 0.1) is 11.8 Å². The highest BCUT2D eigenvalue weighted by Gasteiger charge is 2.32. The fourth-order valence-electron chi connectivity index (χ4n) is 2.24. The van der Waals surface area contributed by atoms with Gasteiger partial charge in [-0.05, 0) is 31.1 Å². The van der Waals surface area contributed by atoms with E-state index in [0.29, 0.717) is 5.92 Å². The van der Waals surface area contributed by atoms with Crippen LogP contribution in [-0.2, 0) is 0 Å². The number of aliphatic hydroxyl groups is 2. The SMILES string of the molecule is CCC(O)C(C)C1CCCC1O. The van der Waals surface area contributed by atoms with Crippen LogP contribution in [0.25, 0.3) is 0 Å². The minimum absolute atomic E-state index is 0.166. The zero-order valence-corrected chi connectivity index (χ0v) is 8.03. The lowest BCUT2D eigenvalue weighted by Crippen LogP contribution is -2.29. The van der Waals surface area contributed by atoms with Crippen LogP contribution in [0.5, 0.6) is 0 Å². The Morgan fingerprint density at radius 1 is 1.42 bits per heavy atom. The van der Waals surface area contributed by atoms with Crippen LogP contribution in [0.15, 0.2) is 0 Å². The fourth-order valence-corrected chi connectivity index (χ4v) is 2.24. The average Bonchev–Trinajstić information content (AvgIpc) is 2.48. The van der Waals surface area contributed by atoms with Crippen LogP contribution in [0.1, 0.15) is 39.5 Å². The molecule has 0 aromatic carbocycles. The first-order valence-corrected chi connectivity index (χ1v) is 5.03. The maximum atomic E-state index is 9.59. The molecule has 0 aromatic rings. The molecule has 1 aliphatic rings. The van der Waals surface area contributed by atoms with E-state index in [2.05, 4.69) is 0 Å². The molecule has 2 N–H and O–H groups in total. The zero-order chi connectivity index (χ0) is 9.14. The van der Waals surface area contributed by atoms with E-state index in [-0.39, 0.29) is 18.1 Å². The second-order valence-electron chi connectivity index (χ2n) is 4.00. The fraction of sp³-hybridized carbons (Fsp3) is 1.00. The summed E-state index contributed by atoms with van der Waals surface area (Å²) < 4.78 is 0. The predicted molar refractivity (Wildman–Crippen MR) is 48.8 cm³/mol. The van der Waals surface area contributed by atoms with Crippen molar-refractivity contribution in [2.75, 3.05) is 0 Å². The summed E-state index contributed by atoms with van der Waals surface area (Å²) in [5.41, 5.74) is 0. The summed E-state index contributed by atoms with van der Waals surface area (Å²) in [6.07, 6.45) is 3.52. The molecule has 0 aliphatic heterocycles. The Bertz CT molecular complexity index is 136. The molecular weight excluding hydrogens is 152 g/mol. The van der Waals surface area contributed by atoms with Crippen molar-refractivity contribution in [1.29, 1.82) is 0 Å². The third-order valence-electron chi connectivity index (χ3n) is 3.23. The van der Waals surface area contributed by atoms with Crippen molar-refractivity contribution in [2.24, 2.45) is 11.8 Å². The molecule has 4 unspecified atom stereocenters. The Balaban J connectivity index is 2.45. The van der Waals surface area contributed by atoms with Crippen LogP contribution in [0.3, 0.4) is 0 Å². The molecule has 1 fully saturated rings. The van der Waals surface area contributed by atoms with Crippen LogP contribution in [0.2, 0.25) is 0 Å². The summed E-state index contributed by atoms with van der Waals surface area (Å²) in [4.78, 5) is 0. The molecule has 1 aliphatic carbocycles. The smallest absolute Gasteiger partial charge is 0.0571 e. The molecule has 0 spiro atoms. The summed E-state index contributed by atoms with van der Waals surface area (Å²) in [5.74, 6) is 0.590. The molecule has 0 aromatic heterocycles. The van der Waals surface area contributed by atoms with Crippen molar-refractivity contribution in [1.82, 2.24) is 0 Å². The lowest BCUT2D eigenvalue weighted by molar-refractivity contribution is 0.0292. The standard InChI is InChI=1S/C10H20O2/c1-3-9(11)7(2)8-5-4-6-10(8)12/h7-12H,3-6H2,1-2H3. The molecule has 0 amide bonds. The van der Waals surface area contributed by atoms with E-state index in [1.165, 1.54) is 0 Å². The minimum atomic E-state index is -0.234. The monoisotopic (exact) mass is 172 g/mol. The molecule has 0 radical (unpaired) electrons. The lowest BCUT2D eigenvalue weighted by Gasteiger charge is -2.26. The van der Waals surface area contributed by atoms with Gasteiger partial charge in [0, 0.05) is 0 Å². The van der Waals surface area contributed by atoms with Crippen LogP contribution in [-0.4, -0.2) is 22.4 Å². The van der Waals surface area contributed by atoms with Crippen LogP contribution >= 0.6 is 0 Å². The maximum Gasteiger partial charge on any atom is 0.0571 e. The molecular formula is C10H20O2. The molecule has 2 nitrogen and oxygen atoms in total. The number of rotatable bonds is 3. The molecule has 72 valence electrons. The first kappa shape index (κ1) is 10.0. The van der Waals surface area contributed by atoms with Gasteiger partial charge in [-0.15, -0.1) is 0 Å². The maximum absolute atomic E-state index is 9.59. The third-order valence-corrected chi connectivity index (χ3v) is 3.23. The lowest BCUT2D eigenvalue weighted by atomic mass is 9.85. The van der Waals surface area contributed by atoms with Gasteiger partial charge in [-0.3, -0.25) is 0 Å². The molecule has 12 heavy (non-hydrogen) atoms. The van der Waals surface area contributed by atoms with Gasteiger partial charge in [0.1, 0.15) is 0 Å². The van der Waals surface area contributed by atoms with Crippen molar-refractivity contribution < 1.29 is 10.2 Å². The predicted octanol–water partition coefficient (Wildman–Crippen LogP) is 1.55. The van der Waals surface area contributed by atoms with Gasteiger partial charge < -0.3 is 10.2 Å². The van der Waals surface area contributed by atoms with E-state index in [0.717, 1.165) is 25.7 Å². The van der Waals surface area contributed by atoms with Crippen LogP contribution in [0.4, 0.5) is 0 Å². The van der Waals surface area contributed by atoms with E-state index >= 15 is 0 Å². The Labute approximate surface area is 74.6 Å². The van der Waals surface area contributed by atoms with Gasteiger partial charge in [0.25, 0.3) is 0 Å². The van der Waals surface area contributed by atoms with E-state index in [9.17, 15) is 10.2 Å². The van der Waals surface area contributed by atoms with Crippen LogP contribution < -0.4 is 0 Å². The summed E-state index contributed by atoms with van der Waals surface area (Å²) in [6, 6.07) is 0. The zero-order valence-electron chi connectivity index (χ0n) is 8.03. The quantitative estimate of drug-likeness (QED) is 0.678. The van der Waals surface area contributed by atoms with Crippen molar-refractivity contribution in [3.05, 3.63) is 0 Å². The van der Waals surface area contributed by atoms with E-state index in [4.69, 9.17) is 0 Å². The van der Waals surface area contributed by atoms with Gasteiger partial charge in [0.15, 0.2) is 0 Å². The van der Waals surface area contributed by atoms with E-state index in [1.807, 2.05) is 13.8 Å². The number of aliphatic hydroxyl groups excluding tert-OH is 2. The molecule has 0 bridgehead atoms. The second kappa shape index (κ2) is 4.24. The first-order valence-electron chi connectivity index (χ1n) is 5.03. The minimum Gasteiger partial charge on any atom is -0.393 e. The highest BCUT2D eigenvalue weighted by atomic mass is 16.3. The molecule has 1 saturated carbocycles. The molecule has 2 heteroatoms. The Morgan fingerprint density at radius 2 is 2.08 bits per heavy atom. The Hall–Kier alpha value is -0.0800. The third kappa shape index (κ3) is 1.99. The Morgan fingerprint density at radius 3 is 2.50 bits per heavy atom. The van der Waals surface area contributed by atoms with Gasteiger partial charge in [-0.2, -0.15) is 0 Å². The average molecular weight is 172 g/mol. The van der Waals surface area contributed by atoms with Gasteiger partial charge in [-0.1, -0.05) is 20.3 Å². The van der Waals surface area contributed by atoms with E-state index < -0.39 is 0 Å². The molecule has 0 heterocycles. The summed E-state index contributed by atoms with van der Waals surface area (Å²) in [7, 11) is 0. The first-order chi connectivity index (χ1) is 5.66. The summed E-state index contributed by atoms with van der Waals surface area (Å²) in [6.45, 7) is 4.04. The highest BCUT2D eigenvalue weighted by molar-refractivity contribution is 4.83. The van der Waals surface area contributed by atoms with Gasteiger partial charge in [-0.25, -0.2) is 0 Å². The summed E-state index contributed by atoms with van der Waals surface area (Å²) >= 11 is 0. The van der Waals surface area contributed by atoms with Crippen molar-refractivity contribution in [2.45, 2.75) is 51.7 Å². The molecule has 0 saturated heterocycles. The number of hydrogen-bond donors (Lipinski definition) is 2. The Kier molecular flexibility index (Phi) is 3.53. The van der Waals surface area contributed by atoms with Gasteiger partial charge in [0.2, 0.25) is 0 Å².